The Kier molecular flexibility index (Phi) is 6.18. The van der Waals surface area contributed by atoms with Gasteiger partial charge in [0.1, 0.15) is 5.69 Å². The summed E-state index contributed by atoms with van der Waals surface area (Å²) in [6.07, 6.45) is -9.52. The Balaban J connectivity index is 4.01. The number of pyridine rings is 1. The first-order valence-corrected chi connectivity index (χ1v) is 6.29. The molecule has 0 aliphatic heterocycles. The van der Waals surface area contributed by atoms with E-state index < -0.39 is 65.6 Å². The molecule has 11 heteroatoms. The van der Waals surface area contributed by atoms with Crippen LogP contribution in [0.15, 0.2) is 0 Å². The number of hydrogen-bond donors (Lipinski definition) is 1. The lowest BCUT2D eigenvalue weighted by atomic mass is 9.95. The number of halogens is 5. The summed E-state index contributed by atoms with van der Waals surface area (Å²) in [5.41, 5.74) is -6.42. The monoisotopic (exact) mass is 357 g/mol. The van der Waals surface area contributed by atoms with Gasteiger partial charge >= 0.3 is 18.1 Å². The maximum atomic E-state index is 13.1. The summed E-state index contributed by atoms with van der Waals surface area (Å²) in [6.45, 7) is -0.821. The van der Waals surface area contributed by atoms with Crippen LogP contribution in [0.2, 0.25) is 0 Å². The Morgan fingerprint density at radius 3 is 2.00 bits per heavy atom. The second kappa shape index (κ2) is 7.51. The number of hydrogen-bond acceptors (Lipinski definition) is 6. The van der Waals surface area contributed by atoms with E-state index in [1.54, 1.807) is 0 Å². The molecule has 134 valence electrons. The van der Waals surface area contributed by atoms with Crippen LogP contribution in [0.25, 0.3) is 0 Å². The summed E-state index contributed by atoms with van der Waals surface area (Å²) < 4.78 is 74.1. The number of carbonyl (C=O) groups excluding carboxylic acids is 2. The number of ether oxygens (including phenoxy) is 2. The highest BCUT2D eigenvalue weighted by molar-refractivity contribution is 5.99. The summed E-state index contributed by atoms with van der Waals surface area (Å²) in [5, 5.41) is 9.01. The molecule has 0 bridgehead atoms. The number of methoxy groups -OCH3 is 2. The molecule has 24 heavy (non-hydrogen) atoms. The van der Waals surface area contributed by atoms with Gasteiger partial charge in [0.25, 0.3) is 6.43 Å². The number of aliphatic hydroxyl groups excluding tert-OH is 1. The van der Waals surface area contributed by atoms with Gasteiger partial charge in [0.2, 0.25) is 0 Å². The first kappa shape index (κ1) is 19.7. The molecule has 0 aromatic carbocycles. The molecule has 1 heterocycles. The van der Waals surface area contributed by atoms with E-state index in [4.69, 9.17) is 5.11 Å². The lowest BCUT2D eigenvalue weighted by molar-refractivity contribution is -0.142. The van der Waals surface area contributed by atoms with Crippen LogP contribution in [0, 0.1) is 0 Å². The van der Waals surface area contributed by atoms with Crippen LogP contribution in [0.1, 0.15) is 44.1 Å². The van der Waals surface area contributed by atoms with E-state index in [1.807, 2.05) is 0 Å². The summed E-state index contributed by atoms with van der Waals surface area (Å²) >= 11 is 0. The predicted octanol–water partition coefficient (Wildman–Crippen LogP) is 2.15. The van der Waals surface area contributed by atoms with Crippen molar-refractivity contribution in [3.8, 4) is 0 Å². The number of esters is 2. The number of alkyl halides is 5. The average Bonchev–Trinajstić information content (AvgIpc) is 2.51. The summed E-state index contributed by atoms with van der Waals surface area (Å²) in [7, 11) is 1.58. The first-order valence-electron chi connectivity index (χ1n) is 6.29. The van der Waals surface area contributed by atoms with Crippen molar-refractivity contribution in [2.24, 2.45) is 0 Å². The van der Waals surface area contributed by atoms with Crippen molar-refractivity contribution in [3.05, 3.63) is 28.1 Å². The molecule has 1 N–H and O–H groups in total. The number of carbonyl (C=O) groups is 2. The molecule has 0 atom stereocenters. The van der Waals surface area contributed by atoms with Crippen molar-refractivity contribution in [1.29, 1.82) is 0 Å². The third-order valence-corrected chi connectivity index (χ3v) is 2.94. The highest BCUT2D eigenvalue weighted by Crippen LogP contribution is 2.37. The normalized spacial score (nSPS) is 11.5. The average molecular weight is 357 g/mol. The van der Waals surface area contributed by atoms with Gasteiger partial charge in [-0.15, -0.1) is 0 Å². The van der Waals surface area contributed by atoms with E-state index in [1.165, 1.54) is 0 Å². The predicted molar refractivity (Wildman–Crippen MR) is 67.7 cm³/mol. The zero-order chi connectivity index (χ0) is 18.7. The van der Waals surface area contributed by atoms with Crippen molar-refractivity contribution < 1.29 is 46.1 Å². The zero-order valence-electron chi connectivity index (χ0n) is 12.4. The zero-order valence-corrected chi connectivity index (χ0v) is 12.4. The second-order valence-electron chi connectivity index (χ2n) is 4.33. The van der Waals surface area contributed by atoms with Crippen molar-refractivity contribution in [2.75, 3.05) is 20.8 Å². The fourth-order valence-corrected chi connectivity index (χ4v) is 2.03. The van der Waals surface area contributed by atoms with Gasteiger partial charge in [-0.2, -0.15) is 13.2 Å². The molecule has 6 nitrogen and oxygen atoms in total. The van der Waals surface area contributed by atoms with E-state index in [0.717, 1.165) is 14.2 Å². The van der Waals surface area contributed by atoms with Crippen LogP contribution < -0.4 is 0 Å². The molecule has 0 fully saturated rings. The van der Waals surface area contributed by atoms with Crippen molar-refractivity contribution in [3.63, 3.8) is 0 Å². The van der Waals surface area contributed by atoms with Gasteiger partial charge < -0.3 is 14.6 Å². The number of rotatable bonds is 5. The summed E-state index contributed by atoms with van der Waals surface area (Å²) in [4.78, 5) is 26.3. The van der Waals surface area contributed by atoms with Gasteiger partial charge in [0.15, 0.2) is 5.69 Å². The van der Waals surface area contributed by atoms with Crippen LogP contribution in [0.5, 0.6) is 0 Å². The quantitative estimate of drug-likeness (QED) is 0.642. The first-order chi connectivity index (χ1) is 11.1. The Morgan fingerprint density at radius 2 is 1.62 bits per heavy atom. The van der Waals surface area contributed by atoms with Crippen molar-refractivity contribution in [1.82, 2.24) is 4.98 Å². The molecule has 0 spiro atoms. The third-order valence-electron chi connectivity index (χ3n) is 2.94. The van der Waals surface area contributed by atoms with Crippen LogP contribution in [0.3, 0.4) is 0 Å². The molecule has 1 aromatic heterocycles. The van der Waals surface area contributed by atoms with Crippen molar-refractivity contribution >= 4 is 11.9 Å². The molecule has 0 saturated heterocycles. The molecule has 0 aliphatic rings. The Bertz CT molecular complexity index is 645. The fourth-order valence-electron chi connectivity index (χ4n) is 2.03. The van der Waals surface area contributed by atoms with Gasteiger partial charge in [-0.25, -0.2) is 23.4 Å². The standard InChI is InChI=1S/C13H12F5NO5/c1-23-11(21)6-5(3-4-20)7(12(22)24-2)9(13(16,17)18)19-8(6)10(14)15/h10,20H,3-4H2,1-2H3. The Morgan fingerprint density at radius 1 is 1.12 bits per heavy atom. The van der Waals surface area contributed by atoms with Crippen LogP contribution >= 0.6 is 0 Å². The molecule has 1 rings (SSSR count). The van der Waals surface area contributed by atoms with E-state index >= 15 is 0 Å². The number of aliphatic hydroxyl groups is 1. The lowest BCUT2D eigenvalue weighted by Crippen LogP contribution is -2.25. The molecular formula is C13H12F5NO5. The largest absolute Gasteiger partial charge is 0.465 e. The molecule has 0 radical (unpaired) electrons. The fraction of sp³-hybridized carbons (Fsp3) is 0.462. The van der Waals surface area contributed by atoms with Crippen LogP contribution in [0.4, 0.5) is 22.0 Å². The van der Waals surface area contributed by atoms with Crippen molar-refractivity contribution in [2.45, 2.75) is 19.0 Å². The minimum Gasteiger partial charge on any atom is -0.465 e. The van der Waals surface area contributed by atoms with E-state index in [0.29, 0.717) is 0 Å². The smallest absolute Gasteiger partial charge is 0.434 e. The molecule has 0 aliphatic carbocycles. The summed E-state index contributed by atoms with van der Waals surface area (Å²) in [5.74, 6) is -2.95. The SMILES string of the molecule is COC(=O)c1c(C(F)F)nc(C(F)(F)F)c(C(=O)OC)c1CCO. The van der Waals surface area contributed by atoms with Gasteiger partial charge in [0, 0.05) is 6.61 Å². The van der Waals surface area contributed by atoms with Gasteiger partial charge in [-0.1, -0.05) is 0 Å². The highest BCUT2D eigenvalue weighted by atomic mass is 19.4. The molecule has 0 unspecified atom stereocenters. The maximum absolute atomic E-state index is 13.1. The van der Waals surface area contributed by atoms with E-state index in [-0.39, 0.29) is 0 Å². The second-order valence-corrected chi connectivity index (χ2v) is 4.33. The number of nitrogens with zero attached hydrogens (tertiary/aromatic N) is 1. The molecule has 0 saturated carbocycles. The van der Waals surface area contributed by atoms with E-state index in [9.17, 15) is 31.5 Å². The molecule has 1 aromatic rings. The number of aromatic nitrogens is 1. The molecular weight excluding hydrogens is 345 g/mol. The van der Waals surface area contributed by atoms with Gasteiger partial charge in [-0.3, -0.25) is 0 Å². The topological polar surface area (TPSA) is 85.7 Å². The minimum absolute atomic E-state index is 0.694. The highest BCUT2D eigenvalue weighted by Gasteiger charge is 2.42. The minimum atomic E-state index is -5.27. The maximum Gasteiger partial charge on any atom is 0.434 e. The Labute approximate surface area is 132 Å². The van der Waals surface area contributed by atoms with Crippen LogP contribution in [-0.2, 0) is 22.1 Å². The third kappa shape index (κ3) is 3.78. The Hall–Kier alpha value is -2.30. The summed E-state index contributed by atoms with van der Waals surface area (Å²) in [6, 6.07) is 0. The van der Waals surface area contributed by atoms with Gasteiger partial charge in [0.05, 0.1) is 25.3 Å². The lowest BCUT2D eigenvalue weighted by Gasteiger charge is -2.19. The van der Waals surface area contributed by atoms with E-state index in [2.05, 4.69) is 14.5 Å². The van der Waals surface area contributed by atoms with Gasteiger partial charge in [-0.05, 0) is 12.0 Å². The molecule has 0 amide bonds. The van der Waals surface area contributed by atoms with Crippen LogP contribution in [-0.4, -0.2) is 42.9 Å².